The van der Waals surface area contributed by atoms with Gasteiger partial charge in [0.2, 0.25) is 0 Å². The smallest absolute Gasteiger partial charge is 0.142 e. The fourth-order valence-corrected chi connectivity index (χ4v) is 3.09. The number of piperidine rings is 1. The average Bonchev–Trinajstić information content (AvgIpc) is 3.05. The lowest BCUT2D eigenvalue weighted by molar-refractivity contribution is 0.00754. The second-order valence-electron chi connectivity index (χ2n) is 5.67. The maximum absolute atomic E-state index is 10.9. The molecule has 22 heavy (non-hydrogen) atoms. The van der Waals surface area contributed by atoms with Gasteiger partial charge in [0.05, 0.1) is 11.1 Å². The molecule has 0 bridgehead atoms. The summed E-state index contributed by atoms with van der Waals surface area (Å²) in [6.07, 6.45) is 6.46. The highest BCUT2D eigenvalue weighted by Gasteiger charge is 2.35. The van der Waals surface area contributed by atoms with Crippen molar-refractivity contribution in [2.75, 3.05) is 18.0 Å². The van der Waals surface area contributed by atoms with Gasteiger partial charge in [-0.05, 0) is 31.0 Å². The first-order valence-corrected chi connectivity index (χ1v) is 7.43. The first-order valence-electron chi connectivity index (χ1n) is 7.43. The number of aromatic nitrogens is 4. The Balaban J connectivity index is 1.58. The van der Waals surface area contributed by atoms with Gasteiger partial charge in [0.15, 0.2) is 0 Å². The van der Waals surface area contributed by atoms with Crippen molar-refractivity contribution in [2.24, 2.45) is 0 Å². The Morgan fingerprint density at radius 2 is 1.95 bits per heavy atom. The molecule has 1 fully saturated rings. The molecule has 4 heterocycles. The number of fused-ring (bicyclic) bond motifs is 1. The molecule has 6 nitrogen and oxygen atoms in total. The molecule has 1 saturated heterocycles. The Kier molecular flexibility index (Phi) is 3.04. The highest BCUT2D eigenvalue weighted by atomic mass is 16.3. The summed E-state index contributed by atoms with van der Waals surface area (Å²) in [6, 6.07) is 7.67. The number of rotatable bonds is 2. The van der Waals surface area contributed by atoms with Gasteiger partial charge in [0.25, 0.3) is 0 Å². The number of aromatic amines is 1. The average molecular weight is 295 g/mol. The fourth-order valence-electron chi connectivity index (χ4n) is 3.09. The molecule has 4 rings (SSSR count). The van der Waals surface area contributed by atoms with Gasteiger partial charge in [0.1, 0.15) is 23.4 Å². The fraction of sp³-hybridized carbons (Fsp3) is 0.312. The van der Waals surface area contributed by atoms with E-state index in [0.29, 0.717) is 12.8 Å². The first-order chi connectivity index (χ1) is 10.8. The second kappa shape index (κ2) is 5.06. The quantitative estimate of drug-likeness (QED) is 0.754. The lowest BCUT2D eigenvalue weighted by Gasteiger charge is -2.38. The second-order valence-corrected chi connectivity index (χ2v) is 5.67. The summed E-state index contributed by atoms with van der Waals surface area (Å²) < 4.78 is 0. The normalized spacial score (nSPS) is 17.8. The van der Waals surface area contributed by atoms with Crippen LogP contribution in [0.3, 0.4) is 0 Å². The van der Waals surface area contributed by atoms with E-state index in [0.717, 1.165) is 35.6 Å². The number of hydrogen-bond acceptors (Lipinski definition) is 5. The van der Waals surface area contributed by atoms with Crippen LogP contribution in [0.25, 0.3) is 11.0 Å². The number of anilines is 1. The topological polar surface area (TPSA) is 77.9 Å². The van der Waals surface area contributed by atoms with Crippen LogP contribution < -0.4 is 4.90 Å². The van der Waals surface area contributed by atoms with E-state index >= 15 is 0 Å². The molecule has 6 heteroatoms. The van der Waals surface area contributed by atoms with Crippen molar-refractivity contribution < 1.29 is 5.11 Å². The molecular weight excluding hydrogens is 278 g/mol. The van der Waals surface area contributed by atoms with Crippen molar-refractivity contribution in [1.82, 2.24) is 19.9 Å². The van der Waals surface area contributed by atoms with Gasteiger partial charge in [0, 0.05) is 25.5 Å². The molecular formula is C16H17N5O. The number of nitrogens with zero attached hydrogens (tertiary/aromatic N) is 4. The van der Waals surface area contributed by atoms with E-state index in [1.807, 2.05) is 30.5 Å². The standard InChI is InChI=1S/C16H17N5O/c22-16(13-3-1-2-7-17-13)5-9-21(10-6-16)15-12-4-8-18-14(12)19-11-20-15/h1-4,7-8,11,22H,5-6,9-10H2,(H,18,19,20). The monoisotopic (exact) mass is 295 g/mol. The maximum atomic E-state index is 10.9. The molecule has 1 aliphatic heterocycles. The lowest BCUT2D eigenvalue weighted by atomic mass is 9.87. The summed E-state index contributed by atoms with van der Waals surface area (Å²) in [4.78, 5) is 18.3. The molecule has 0 atom stereocenters. The Bertz CT molecular complexity index is 777. The Morgan fingerprint density at radius 1 is 1.09 bits per heavy atom. The third kappa shape index (κ3) is 2.12. The van der Waals surface area contributed by atoms with E-state index < -0.39 is 5.60 Å². The van der Waals surface area contributed by atoms with Crippen molar-refractivity contribution in [3.63, 3.8) is 0 Å². The van der Waals surface area contributed by atoms with Crippen molar-refractivity contribution >= 4 is 16.9 Å². The van der Waals surface area contributed by atoms with E-state index in [1.54, 1.807) is 12.5 Å². The minimum atomic E-state index is -0.845. The van der Waals surface area contributed by atoms with Gasteiger partial charge >= 0.3 is 0 Å². The van der Waals surface area contributed by atoms with Crippen LogP contribution in [0.5, 0.6) is 0 Å². The Morgan fingerprint density at radius 3 is 2.73 bits per heavy atom. The van der Waals surface area contributed by atoms with E-state index in [9.17, 15) is 5.11 Å². The molecule has 3 aromatic heterocycles. The van der Waals surface area contributed by atoms with Crippen molar-refractivity contribution in [3.8, 4) is 0 Å². The van der Waals surface area contributed by atoms with Crippen LogP contribution in [0.2, 0.25) is 0 Å². The molecule has 0 aliphatic carbocycles. The molecule has 0 spiro atoms. The van der Waals surface area contributed by atoms with Gasteiger partial charge in [-0.3, -0.25) is 4.98 Å². The minimum Gasteiger partial charge on any atom is -0.383 e. The Labute approximate surface area is 127 Å². The molecule has 0 radical (unpaired) electrons. The zero-order valence-electron chi connectivity index (χ0n) is 12.1. The van der Waals surface area contributed by atoms with E-state index in [1.165, 1.54) is 0 Å². The van der Waals surface area contributed by atoms with Crippen LogP contribution in [0, 0.1) is 0 Å². The molecule has 0 unspecified atom stereocenters. The molecule has 0 aromatic carbocycles. The number of hydrogen-bond donors (Lipinski definition) is 2. The number of aliphatic hydroxyl groups is 1. The van der Waals surface area contributed by atoms with Crippen LogP contribution >= 0.6 is 0 Å². The zero-order chi connectivity index (χ0) is 15.0. The van der Waals surface area contributed by atoms with E-state index in [4.69, 9.17) is 0 Å². The molecule has 0 saturated carbocycles. The van der Waals surface area contributed by atoms with Gasteiger partial charge < -0.3 is 15.0 Å². The highest BCUT2D eigenvalue weighted by Crippen LogP contribution is 2.34. The SMILES string of the molecule is OC1(c2ccccn2)CCN(c2ncnc3[nH]ccc23)CC1. The summed E-state index contributed by atoms with van der Waals surface area (Å²) in [5.74, 6) is 0.925. The zero-order valence-corrected chi connectivity index (χ0v) is 12.1. The number of nitrogens with one attached hydrogen (secondary N) is 1. The van der Waals surface area contributed by atoms with Crippen molar-refractivity contribution in [2.45, 2.75) is 18.4 Å². The van der Waals surface area contributed by atoms with E-state index in [2.05, 4.69) is 24.8 Å². The molecule has 112 valence electrons. The summed E-state index contributed by atoms with van der Waals surface area (Å²) in [5, 5.41) is 11.9. The van der Waals surface area contributed by atoms with Gasteiger partial charge in [-0.25, -0.2) is 9.97 Å². The Hall–Kier alpha value is -2.47. The van der Waals surface area contributed by atoms with Gasteiger partial charge in [-0.15, -0.1) is 0 Å². The van der Waals surface area contributed by atoms with Crippen LogP contribution in [0.15, 0.2) is 43.0 Å². The van der Waals surface area contributed by atoms with Crippen molar-refractivity contribution in [1.29, 1.82) is 0 Å². The summed E-state index contributed by atoms with van der Waals surface area (Å²) in [6.45, 7) is 1.48. The van der Waals surface area contributed by atoms with Crippen molar-refractivity contribution in [3.05, 3.63) is 48.7 Å². The molecule has 2 N–H and O–H groups in total. The maximum Gasteiger partial charge on any atom is 0.142 e. The van der Waals surface area contributed by atoms with Gasteiger partial charge in [-0.2, -0.15) is 0 Å². The molecule has 3 aromatic rings. The highest BCUT2D eigenvalue weighted by molar-refractivity contribution is 5.87. The third-order valence-electron chi connectivity index (χ3n) is 4.36. The minimum absolute atomic E-state index is 0.639. The van der Waals surface area contributed by atoms with Crippen LogP contribution in [0.1, 0.15) is 18.5 Å². The number of H-pyrrole nitrogens is 1. The van der Waals surface area contributed by atoms with Crippen LogP contribution in [-0.2, 0) is 5.60 Å². The number of pyridine rings is 1. The van der Waals surface area contributed by atoms with Gasteiger partial charge in [-0.1, -0.05) is 6.07 Å². The summed E-state index contributed by atoms with van der Waals surface area (Å²) in [7, 11) is 0. The summed E-state index contributed by atoms with van der Waals surface area (Å²) >= 11 is 0. The van der Waals surface area contributed by atoms with Crippen LogP contribution in [0.4, 0.5) is 5.82 Å². The largest absolute Gasteiger partial charge is 0.383 e. The molecule has 0 amide bonds. The third-order valence-corrected chi connectivity index (χ3v) is 4.36. The molecule has 1 aliphatic rings. The predicted molar refractivity (Wildman–Crippen MR) is 83.5 cm³/mol. The first kappa shape index (κ1) is 13.2. The predicted octanol–water partition coefficient (Wildman–Crippen LogP) is 1.84. The summed E-state index contributed by atoms with van der Waals surface area (Å²) in [5.41, 5.74) is 0.752. The lowest BCUT2D eigenvalue weighted by Crippen LogP contribution is -2.43. The van der Waals surface area contributed by atoms with Crippen LogP contribution in [-0.4, -0.2) is 38.1 Å². The van der Waals surface area contributed by atoms with E-state index in [-0.39, 0.29) is 0 Å².